The van der Waals surface area contributed by atoms with Crippen molar-refractivity contribution in [3.8, 4) is 0 Å². The Labute approximate surface area is 165 Å². The number of piperidine rings is 1. The SMILES string of the molecule is CCC1CCCCN1C(=O)c1cc(C)nc(Nc2cccc(NC(C)=O)c2)n1. The van der Waals surface area contributed by atoms with Crippen LogP contribution < -0.4 is 10.6 Å². The van der Waals surface area contributed by atoms with Crippen LogP contribution in [0.2, 0.25) is 0 Å². The number of carbonyl (C=O) groups is 2. The van der Waals surface area contributed by atoms with E-state index in [1.807, 2.05) is 24.0 Å². The maximum Gasteiger partial charge on any atom is 0.272 e. The van der Waals surface area contributed by atoms with Gasteiger partial charge in [0.15, 0.2) is 0 Å². The average Bonchev–Trinajstić information content (AvgIpc) is 2.66. The van der Waals surface area contributed by atoms with E-state index < -0.39 is 0 Å². The number of anilines is 3. The normalized spacial score (nSPS) is 16.5. The van der Waals surface area contributed by atoms with E-state index in [9.17, 15) is 9.59 Å². The predicted octanol–water partition coefficient (Wildman–Crippen LogP) is 3.89. The van der Waals surface area contributed by atoms with E-state index in [0.717, 1.165) is 37.2 Å². The van der Waals surface area contributed by atoms with Crippen LogP contribution in [0.15, 0.2) is 30.3 Å². The first-order chi connectivity index (χ1) is 13.5. The van der Waals surface area contributed by atoms with Crippen LogP contribution in [0.25, 0.3) is 0 Å². The molecule has 1 unspecified atom stereocenters. The van der Waals surface area contributed by atoms with Gasteiger partial charge in [-0.15, -0.1) is 0 Å². The number of carbonyl (C=O) groups excluding carboxylic acids is 2. The number of rotatable bonds is 5. The van der Waals surface area contributed by atoms with E-state index in [1.54, 1.807) is 18.2 Å². The van der Waals surface area contributed by atoms with Crippen molar-refractivity contribution in [2.24, 2.45) is 0 Å². The van der Waals surface area contributed by atoms with Crippen molar-refractivity contribution in [3.63, 3.8) is 0 Å². The van der Waals surface area contributed by atoms with Crippen LogP contribution in [0.4, 0.5) is 17.3 Å². The maximum atomic E-state index is 13.1. The van der Waals surface area contributed by atoms with Gasteiger partial charge >= 0.3 is 0 Å². The van der Waals surface area contributed by atoms with Gasteiger partial charge in [-0.1, -0.05) is 13.0 Å². The molecule has 1 saturated heterocycles. The quantitative estimate of drug-likeness (QED) is 0.820. The van der Waals surface area contributed by atoms with Crippen LogP contribution in [0.3, 0.4) is 0 Å². The number of benzene rings is 1. The van der Waals surface area contributed by atoms with E-state index in [1.165, 1.54) is 13.3 Å². The van der Waals surface area contributed by atoms with Crippen molar-refractivity contribution in [2.75, 3.05) is 17.2 Å². The average molecular weight is 381 g/mol. The molecule has 1 aliphatic rings. The van der Waals surface area contributed by atoms with Crippen molar-refractivity contribution in [2.45, 2.75) is 52.5 Å². The van der Waals surface area contributed by atoms with Gasteiger partial charge in [0.2, 0.25) is 11.9 Å². The van der Waals surface area contributed by atoms with Gasteiger partial charge in [0.25, 0.3) is 5.91 Å². The second kappa shape index (κ2) is 8.82. The Kier molecular flexibility index (Phi) is 6.23. The minimum atomic E-state index is -0.135. The van der Waals surface area contributed by atoms with Gasteiger partial charge in [-0.2, -0.15) is 0 Å². The number of likely N-dealkylation sites (tertiary alicyclic amines) is 1. The number of nitrogens with one attached hydrogen (secondary N) is 2. The molecule has 1 fully saturated rings. The summed E-state index contributed by atoms with van der Waals surface area (Å²) >= 11 is 0. The highest BCUT2D eigenvalue weighted by molar-refractivity contribution is 5.93. The molecule has 3 rings (SSSR count). The smallest absolute Gasteiger partial charge is 0.272 e. The van der Waals surface area contributed by atoms with Gasteiger partial charge in [-0.3, -0.25) is 9.59 Å². The molecule has 28 heavy (non-hydrogen) atoms. The molecular formula is C21H27N5O2. The second-order valence-corrected chi connectivity index (χ2v) is 7.16. The molecule has 0 radical (unpaired) electrons. The summed E-state index contributed by atoms with van der Waals surface area (Å²) in [5.74, 6) is 0.198. The first-order valence-corrected chi connectivity index (χ1v) is 9.77. The molecule has 2 N–H and O–H groups in total. The lowest BCUT2D eigenvalue weighted by Gasteiger charge is -2.35. The Morgan fingerprint density at radius 2 is 1.96 bits per heavy atom. The molecule has 0 saturated carbocycles. The second-order valence-electron chi connectivity index (χ2n) is 7.16. The number of nitrogens with zero attached hydrogens (tertiary/aromatic N) is 3. The lowest BCUT2D eigenvalue weighted by molar-refractivity contribution is -0.114. The molecule has 0 spiro atoms. The van der Waals surface area contributed by atoms with E-state index in [0.29, 0.717) is 17.3 Å². The summed E-state index contributed by atoms with van der Waals surface area (Å²) in [6.45, 7) is 6.22. The van der Waals surface area contributed by atoms with Crippen LogP contribution in [-0.2, 0) is 4.79 Å². The fourth-order valence-electron chi connectivity index (χ4n) is 3.58. The molecule has 1 aromatic carbocycles. The summed E-state index contributed by atoms with van der Waals surface area (Å²) in [7, 11) is 0. The standard InChI is InChI=1S/C21H27N5O2/c1-4-18-10-5-6-11-26(18)20(28)19-12-14(2)22-21(25-19)24-17-9-7-8-16(13-17)23-15(3)27/h7-9,12-13,18H,4-6,10-11H2,1-3H3,(H,23,27)(H,22,24,25). The lowest BCUT2D eigenvalue weighted by atomic mass is 9.99. The van der Waals surface area contributed by atoms with Crippen molar-refractivity contribution < 1.29 is 9.59 Å². The zero-order valence-corrected chi connectivity index (χ0v) is 16.7. The highest BCUT2D eigenvalue weighted by Gasteiger charge is 2.27. The minimum Gasteiger partial charge on any atom is -0.334 e. The van der Waals surface area contributed by atoms with Gasteiger partial charge in [0.1, 0.15) is 5.69 Å². The summed E-state index contributed by atoms with van der Waals surface area (Å²) in [6, 6.07) is 9.31. The highest BCUT2D eigenvalue weighted by atomic mass is 16.2. The highest BCUT2D eigenvalue weighted by Crippen LogP contribution is 2.23. The van der Waals surface area contributed by atoms with E-state index in [-0.39, 0.29) is 17.9 Å². The summed E-state index contributed by atoms with van der Waals surface area (Å²) in [6.07, 6.45) is 4.21. The largest absolute Gasteiger partial charge is 0.334 e. The molecule has 2 heterocycles. The predicted molar refractivity (Wildman–Crippen MR) is 110 cm³/mol. The van der Waals surface area contributed by atoms with Crippen molar-refractivity contribution in [1.29, 1.82) is 0 Å². The molecule has 2 aromatic rings. The molecule has 7 nitrogen and oxygen atoms in total. The van der Waals surface area contributed by atoms with Crippen LogP contribution in [0, 0.1) is 6.92 Å². The molecule has 7 heteroatoms. The minimum absolute atomic E-state index is 0.0351. The van der Waals surface area contributed by atoms with Crippen LogP contribution in [0.5, 0.6) is 0 Å². The molecular weight excluding hydrogens is 354 g/mol. The Bertz CT molecular complexity index is 868. The zero-order valence-electron chi connectivity index (χ0n) is 16.7. The number of hydrogen-bond acceptors (Lipinski definition) is 5. The Hall–Kier alpha value is -2.96. The Morgan fingerprint density at radius 3 is 2.71 bits per heavy atom. The Balaban J connectivity index is 1.81. The van der Waals surface area contributed by atoms with Crippen molar-refractivity contribution >= 4 is 29.1 Å². The topological polar surface area (TPSA) is 87.2 Å². The van der Waals surface area contributed by atoms with Crippen LogP contribution >= 0.6 is 0 Å². The number of aromatic nitrogens is 2. The molecule has 1 atom stereocenters. The summed E-state index contributed by atoms with van der Waals surface area (Å²) in [5.41, 5.74) is 2.55. The molecule has 0 aliphatic carbocycles. The third kappa shape index (κ3) is 4.85. The molecule has 148 valence electrons. The van der Waals surface area contributed by atoms with Gasteiger partial charge in [0.05, 0.1) is 0 Å². The maximum absolute atomic E-state index is 13.1. The molecule has 1 aromatic heterocycles. The Morgan fingerprint density at radius 1 is 1.18 bits per heavy atom. The fourth-order valence-corrected chi connectivity index (χ4v) is 3.58. The number of amides is 2. The monoisotopic (exact) mass is 381 g/mol. The van der Waals surface area contributed by atoms with E-state index >= 15 is 0 Å². The van der Waals surface area contributed by atoms with Gasteiger partial charge in [-0.05, 0) is 56.9 Å². The van der Waals surface area contributed by atoms with E-state index in [2.05, 4.69) is 27.5 Å². The van der Waals surface area contributed by atoms with Gasteiger partial charge in [0, 0.05) is 36.6 Å². The molecule has 2 amide bonds. The third-order valence-electron chi connectivity index (χ3n) is 4.87. The van der Waals surface area contributed by atoms with Gasteiger partial charge < -0.3 is 15.5 Å². The molecule has 0 bridgehead atoms. The summed E-state index contributed by atoms with van der Waals surface area (Å²) in [4.78, 5) is 35.1. The summed E-state index contributed by atoms with van der Waals surface area (Å²) in [5, 5.41) is 5.88. The van der Waals surface area contributed by atoms with Crippen LogP contribution in [-0.4, -0.2) is 39.3 Å². The van der Waals surface area contributed by atoms with Crippen molar-refractivity contribution in [1.82, 2.24) is 14.9 Å². The molecule has 1 aliphatic heterocycles. The fraction of sp³-hybridized carbons (Fsp3) is 0.429. The van der Waals surface area contributed by atoms with Gasteiger partial charge in [-0.25, -0.2) is 9.97 Å². The van der Waals surface area contributed by atoms with Crippen LogP contribution in [0.1, 0.15) is 55.7 Å². The number of hydrogen-bond donors (Lipinski definition) is 2. The van der Waals surface area contributed by atoms with Crippen molar-refractivity contribution in [3.05, 3.63) is 41.7 Å². The first-order valence-electron chi connectivity index (χ1n) is 9.77. The summed E-state index contributed by atoms with van der Waals surface area (Å²) < 4.78 is 0. The van der Waals surface area contributed by atoms with E-state index in [4.69, 9.17) is 0 Å². The third-order valence-corrected chi connectivity index (χ3v) is 4.87. The first kappa shape index (κ1) is 19.8. The lowest BCUT2D eigenvalue weighted by Crippen LogP contribution is -2.43. The zero-order chi connectivity index (χ0) is 20.1. The number of aryl methyl sites for hydroxylation is 1.